The summed E-state index contributed by atoms with van der Waals surface area (Å²) in [5.74, 6) is -0.446. The molecular weight excluding hydrogens is 320 g/mol. The van der Waals surface area contributed by atoms with Crippen LogP contribution in [0.2, 0.25) is 0 Å². The Bertz CT molecular complexity index is 508. The summed E-state index contributed by atoms with van der Waals surface area (Å²) in [7, 11) is 0. The van der Waals surface area contributed by atoms with Gasteiger partial charge in [-0.05, 0) is 43.0 Å². The van der Waals surface area contributed by atoms with Crippen LogP contribution in [0.25, 0.3) is 0 Å². The summed E-state index contributed by atoms with van der Waals surface area (Å²) in [6, 6.07) is 0. The fraction of sp³-hybridized carbons (Fsp3) is 0.545. The van der Waals surface area contributed by atoms with Crippen molar-refractivity contribution in [1.29, 1.82) is 0 Å². The predicted octanol–water partition coefficient (Wildman–Crippen LogP) is 2.07. The van der Waals surface area contributed by atoms with Crippen molar-refractivity contribution in [2.24, 2.45) is 0 Å². The molecule has 1 heterocycles. The van der Waals surface area contributed by atoms with E-state index in [2.05, 4.69) is 20.9 Å². The van der Waals surface area contributed by atoms with Gasteiger partial charge in [-0.1, -0.05) is 0 Å². The number of rotatable bonds is 3. The lowest BCUT2D eigenvalue weighted by atomic mass is 10.2. The van der Waals surface area contributed by atoms with Gasteiger partial charge in [0.2, 0.25) is 0 Å². The van der Waals surface area contributed by atoms with Gasteiger partial charge in [0.25, 0.3) is 5.56 Å². The molecular formula is C11H15BrN2O3S. The average Bonchev–Trinajstić information content (AvgIpc) is 2.22. The molecule has 1 aromatic rings. The summed E-state index contributed by atoms with van der Waals surface area (Å²) in [4.78, 5) is 27.5. The highest BCUT2D eigenvalue weighted by molar-refractivity contribution is 9.10. The van der Waals surface area contributed by atoms with Gasteiger partial charge in [0.15, 0.2) is 4.60 Å². The van der Waals surface area contributed by atoms with Crippen LogP contribution in [-0.4, -0.2) is 27.4 Å². The standard InChI is InChI=1S/C11H15BrN2O3S/c1-11(2,3)17-8(15)6-14-7(18-4)5-13-9(12)10(14)16/h5H,6H2,1-4H3. The first-order valence-corrected chi connectivity index (χ1v) is 7.27. The summed E-state index contributed by atoms with van der Waals surface area (Å²) in [5.41, 5.74) is -0.905. The monoisotopic (exact) mass is 334 g/mol. The molecule has 0 bridgehead atoms. The van der Waals surface area contributed by atoms with Crippen molar-refractivity contribution in [3.63, 3.8) is 0 Å². The molecule has 1 rings (SSSR count). The average molecular weight is 335 g/mol. The van der Waals surface area contributed by atoms with E-state index in [0.717, 1.165) is 0 Å². The smallest absolute Gasteiger partial charge is 0.326 e. The second-order valence-electron chi connectivity index (χ2n) is 4.57. The fourth-order valence-electron chi connectivity index (χ4n) is 1.26. The van der Waals surface area contributed by atoms with Gasteiger partial charge in [-0.15, -0.1) is 11.8 Å². The molecule has 0 aromatic carbocycles. The van der Waals surface area contributed by atoms with Crippen molar-refractivity contribution in [2.75, 3.05) is 6.26 Å². The number of carbonyl (C=O) groups is 1. The molecule has 18 heavy (non-hydrogen) atoms. The van der Waals surface area contributed by atoms with Gasteiger partial charge in [-0.3, -0.25) is 14.2 Å². The van der Waals surface area contributed by atoms with Gasteiger partial charge < -0.3 is 4.74 Å². The van der Waals surface area contributed by atoms with Crippen LogP contribution in [-0.2, 0) is 16.1 Å². The fourth-order valence-corrected chi connectivity index (χ4v) is 2.11. The van der Waals surface area contributed by atoms with Crippen molar-refractivity contribution in [2.45, 2.75) is 37.9 Å². The first-order valence-electron chi connectivity index (χ1n) is 5.26. The third-order valence-corrected chi connectivity index (χ3v) is 3.18. The predicted molar refractivity (Wildman–Crippen MR) is 73.8 cm³/mol. The van der Waals surface area contributed by atoms with E-state index in [9.17, 15) is 9.59 Å². The maximum absolute atomic E-state index is 11.9. The first-order chi connectivity index (χ1) is 8.24. The van der Waals surface area contributed by atoms with E-state index in [-0.39, 0.29) is 16.7 Å². The van der Waals surface area contributed by atoms with Crippen molar-refractivity contribution < 1.29 is 9.53 Å². The van der Waals surface area contributed by atoms with E-state index >= 15 is 0 Å². The van der Waals surface area contributed by atoms with Crippen LogP contribution in [0.3, 0.4) is 0 Å². The van der Waals surface area contributed by atoms with Crippen LogP contribution in [0.15, 0.2) is 20.6 Å². The van der Waals surface area contributed by atoms with E-state index in [1.54, 1.807) is 27.0 Å². The first kappa shape index (κ1) is 15.2. The van der Waals surface area contributed by atoms with Gasteiger partial charge in [-0.25, -0.2) is 4.98 Å². The molecule has 0 amide bonds. The Kier molecular flexibility index (Phi) is 4.98. The Labute approximate surface area is 118 Å². The van der Waals surface area contributed by atoms with Crippen LogP contribution in [0.1, 0.15) is 20.8 Å². The highest BCUT2D eigenvalue weighted by atomic mass is 79.9. The number of hydrogen-bond donors (Lipinski definition) is 0. The van der Waals surface area contributed by atoms with Gasteiger partial charge >= 0.3 is 5.97 Å². The number of aromatic nitrogens is 2. The van der Waals surface area contributed by atoms with Gasteiger partial charge in [0.05, 0.1) is 11.2 Å². The number of esters is 1. The van der Waals surface area contributed by atoms with E-state index < -0.39 is 11.6 Å². The number of nitrogens with zero attached hydrogens (tertiary/aromatic N) is 2. The molecule has 0 atom stereocenters. The molecule has 0 aliphatic carbocycles. The van der Waals surface area contributed by atoms with Gasteiger partial charge in [0, 0.05) is 0 Å². The number of halogens is 1. The van der Waals surface area contributed by atoms with Crippen molar-refractivity contribution in [3.8, 4) is 0 Å². The SMILES string of the molecule is CSc1cnc(Br)c(=O)n1CC(=O)OC(C)(C)C. The lowest BCUT2D eigenvalue weighted by Crippen LogP contribution is -2.31. The Morgan fingerprint density at radius 1 is 1.56 bits per heavy atom. The zero-order valence-corrected chi connectivity index (χ0v) is 13.1. The van der Waals surface area contributed by atoms with Crippen molar-refractivity contribution >= 4 is 33.7 Å². The minimum absolute atomic E-state index is 0.118. The summed E-state index contributed by atoms with van der Waals surface area (Å²) >= 11 is 4.41. The largest absolute Gasteiger partial charge is 0.459 e. The maximum atomic E-state index is 11.9. The molecule has 1 aromatic heterocycles. The lowest BCUT2D eigenvalue weighted by Gasteiger charge is -2.20. The highest BCUT2D eigenvalue weighted by Crippen LogP contribution is 2.14. The Hall–Kier alpha value is -0.820. The normalized spacial score (nSPS) is 11.4. The summed E-state index contributed by atoms with van der Waals surface area (Å²) in [5, 5.41) is 0.619. The molecule has 0 saturated carbocycles. The zero-order valence-electron chi connectivity index (χ0n) is 10.7. The molecule has 100 valence electrons. The topological polar surface area (TPSA) is 61.2 Å². The summed E-state index contributed by atoms with van der Waals surface area (Å²) in [6.07, 6.45) is 3.36. The summed E-state index contributed by atoms with van der Waals surface area (Å²) < 4.78 is 6.72. The number of ether oxygens (including phenoxy) is 1. The third-order valence-electron chi connectivity index (χ3n) is 1.89. The van der Waals surface area contributed by atoms with Crippen LogP contribution >= 0.6 is 27.7 Å². The Morgan fingerprint density at radius 3 is 2.67 bits per heavy atom. The number of hydrogen-bond acceptors (Lipinski definition) is 5. The second-order valence-corrected chi connectivity index (χ2v) is 6.15. The molecule has 0 aliphatic rings. The quantitative estimate of drug-likeness (QED) is 0.625. The summed E-state index contributed by atoms with van der Waals surface area (Å²) in [6.45, 7) is 5.23. The number of thioether (sulfide) groups is 1. The third kappa shape index (κ3) is 4.13. The number of carbonyl (C=O) groups excluding carboxylic acids is 1. The van der Waals surface area contributed by atoms with Gasteiger partial charge in [0.1, 0.15) is 12.1 Å². The Morgan fingerprint density at radius 2 is 2.17 bits per heavy atom. The molecule has 5 nitrogen and oxygen atoms in total. The minimum Gasteiger partial charge on any atom is -0.459 e. The second kappa shape index (κ2) is 5.88. The van der Waals surface area contributed by atoms with Gasteiger partial charge in [-0.2, -0.15) is 0 Å². The van der Waals surface area contributed by atoms with Crippen LogP contribution in [0.5, 0.6) is 0 Å². The van der Waals surface area contributed by atoms with E-state index in [0.29, 0.717) is 5.03 Å². The molecule has 0 N–H and O–H groups in total. The molecule has 0 radical (unpaired) electrons. The molecule has 0 saturated heterocycles. The van der Waals surface area contributed by atoms with Crippen molar-refractivity contribution in [1.82, 2.24) is 9.55 Å². The highest BCUT2D eigenvalue weighted by Gasteiger charge is 2.18. The minimum atomic E-state index is -0.565. The molecule has 0 unspecified atom stereocenters. The molecule has 0 spiro atoms. The van der Waals surface area contributed by atoms with Crippen LogP contribution in [0, 0.1) is 0 Å². The lowest BCUT2D eigenvalue weighted by molar-refractivity contribution is -0.155. The van der Waals surface area contributed by atoms with Crippen molar-refractivity contribution in [3.05, 3.63) is 21.2 Å². The van der Waals surface area contributed by atoms with Crippen LogP contribution < -0.4 is 5.56 Å². The van der Waals surface area contributed by atoms with E-state index in [1.807, 2.05) is 6.26 Å². The Balaban J connectivity index is 3.00. The molecule has 7 heteroatoms. The zero-order chi connectivity index (χ0) is 13.9. The maximum Gasteiger partial charge on any atom is 0.326 e. The van der Waals surface area contributed by atoms with Crippen LogP contribution in [0.4, 0.5) is 0 Å². The molecule has 0 aliphatic heterocycles. The van der Waals surface area contributed by atoms with E-state index in [4.69, 9.17) is 4.74 Å². The van der Waals surface area contributed by atoms with E-state index in [1.165, 1.54) is 16.3 Å². The molecule has 0 fully saturated rings.